The molecule has 0 bridgehead atoms. The Morgan fingerprint density at radius 1 is 1.04 bits per heavy atom. The van der Waals surface area contributed by atoms with Gasteiger partial charge in [0.05, 0.1) is 12.7 Å². The minimum absolute atomic E-state index is 0.687. The third kappa shape index (κ3) is 5.08. The molecule has 3 heteroatoms. The summed E-state index contributed by atoms with van der Waals surface area (Å²) in [5, 5.41) is 11.1. The Morgan fingerprint density at radius 2 is 1.79 bits per heavy atom. The Kier molecular flexibility index (Phi) is 6.83. The number of nitrogens with zero attached hydrogens (tertiary/aromatic N) is 1. The molecule has 2 rings (SSSR count). The fourth-order valence-electron chi connectivity index (χ4n) is 2.89. The molecule has 0 saturated heterocycles. The second-order valence-corrected chi connectivity index (χ2v) is 6.41. The predicted octanol–water partition coefficient (Wildman–Crippen LogP) is 3.86. The molecule has 3 nitrogen and oxygen atoms in total. The average molecular weight is 327 g/mol. The number of likely N-dealkylation sites (N-methyl/N-ethyl adjacent to an activating group) is 1. The normalized spacial score (nSPS) is 13.7. The van der Waals surface area contributed by atoms with Crippen LogP contribution in [0.25, 0.3) is 0 Å². The number of hydrogen-bond donors (Lipinski definition) is 1. The lowest BCUT2D eigenvalue weighted by Gasteiger charge is -2.30. The SMILES string of the molecule is CCC(O)(CCN(C)CCc1ccccc1)c1cccc(OC)c1. The molecule has 0 aliphatic heterocycles. The smallest absolute Gasteiger partial charge is 0.119 e. The molecule has 0 saturated carbocycles. The topological polar surface area (TPSA) is 32.7 Å². The van der Waals surface area contributed by atoms with E-state index in [9.17, 15) is 5.11 Å². The van der Waals surface area contributed by atoms with Crippen LogP contribution in [0.1, 0.15) is 30.9 Å². The van der Waals surface area contributed by atoms with Crippen LogP contribution in [0, 0.1) is 0 Å². The van der Waals surface area contributed by atoms with Crippen LogP contribution in [0.5, 0.6) is 5.75 Å². The molecule has 24 heavy (non-hydrogen) atoms. The fourth-order valence-corrected chi connectivity index (χ4v) is 2.89. The summed E-state index contributed by atoms with van der Waals surface area (Å²) in [7, 11) is 3.77. The first-order valence-electron chi connectivity index (χ1n) is 8.67. The van der Waals surface area contributed by atoms with Gasteiger partial charge in [0.15, 0.2) is 0 Å². The van der Waals surface area contributed by atoms with Crippen LogP contribution in [0.2, 0.25) is 0 Å². The van der Waals surface area contributed by atoms with Gasteiger partial charge in [-0.05, 0) is 49.6 Å². The van der Waals surface area contributed by atoms with E-state index in [0.29, 0.717) is 12.8 Å². The van der Waals surface area contributed by atoms with Gasteiger partial charge in [-0.3, -0.25) is 0 Å². The molecule has 0 aromatic heterocycles. The first-order chi connectivity index (χ1) is 11.6. The van der Waals surface area contributed by atoms with E-state index in [1.165, 1.54) is 5.56 Å². The molecule has 0 amide bonds. The molecular weight excluding hydrogens is 298 g/mol. The number of aliphatic hydroxyl groups is 1. The van der Waals surface area contributed by atoms with E-state index < -0.39 is 5.60 Å². The summed E-state index contributed by atoms with van der Waals surface area (Å²) in [6.07, 6.45) is 2.43. The van der Waals surface area contributed by atoms with Crippen molar-refractivity contribution < 1.29 is 9.84 Å². The Morgan fingerprint density at radius 3 is 2.46 bits per heavy atom. The summed E-state index contributed by atoms with van der Waals surface area (Å²) in [5.41, 5.74) is 1.47. The van der Waals surface area contributed by atoms with Crippen LogP contribution in [0.3, 0.4) is 0 Å². The van der Waals surface area contributed by atoms with Crippen LogP contribution in [-0.2, 0) is 12.0 Å². The molecule has 2 aromatic carbocycles. The van der Waals surface area contributed by atoms with Gasteiger partial charge in [0.2, 0.25) is 0 Å². The lowest BCUT2D eigenvalue weighted by atomic mass is 9.87. The molecule has 0 radical (unpaired) electrons. The van der Waals surface area contributed by atoms with Crippen LogP contribution in [-0.4, -0.2) is 37.3 Å². The van der Waals surface area contributed by atoms with Crippen molar-refractivity contribution in [3.63, 3.8) is 0 Å². The molecular formula is C21H29NO2. The van der Waals surface area contributed by atoms with Crippen LogP contribution >= 0.6 is 0 Å². The minimum atomic E-state index is -0.810. The summed E-state index contributed by atoms with van der Waals surface area (Å²) in [4.78, 5) is 2.29. The molecule has 1 unspecified atom stereocenters. The highest BCUT2D eigenvalue weighted by molar-refractivity contribution is 5.32. The zero-order valence-electron chi connectivity index (χ0n) is 15.0. The van der Waals surface area contributed by atoms with Crippen LogP contribution < -0.4 is 4.74 Å². The monoisotopic (exact) mass is 327 g/mol. The number of methoxy groups -OCH3 is 1. The quantitative estimate of drug-likeness (QED) is 0.759. The van der Waals surface area contributed by atoms with Gasteiger partial charge in [0.1, 0.15) is 5.75 Å². The van der Waals surface area contributed by atoms with E-state index in [4.69, 9.17) is 4.74 Å². The average Bonchev–Trinajstić information content (AvgIpc) is 2.65. The van der Waals surface area contributed by atoms with Crippen molar-refractivity contribution in [1.29, 1.82) is 0 Å². The fraction of sp³-hybridized carbons (Fsp3) is 0.429. The van der Waals surface area contributed by atoms with E-state index in [1.807, 2.05) is 37.3 Å². The molecule has 0 heterocycles. The molecule has 0 fully saturated rings. The summed E-state index contributed by atoms with van der Waals surface area (Å²) in [6.45, 7) is 3.87. The largest absolute Gasteiger partial charge is 0.497 e. The van der Waals surface area contributed by atoms with Crippen LogP contribution in [0.15, 0.2) is 54.6 Å². The van der Waals surface area contributed by atoms with Gasteiger partial charge in [0, 0.05) is 13.1 Å². The van der Waals surface area contributed by atoms with Crippen molar-refractivity contribution in [2.75, 3.05) is 27.2 Å². The molecule has 130 valence electrons. The van der Waals surface area contributed by atoms with Crippen LogP contribution in [0.4, 0.5) is 0 Å². The predicted molar refractivity (Wildman–Crippen MR) is 99.4 cm³/mol. The highest BCUT2D eigenvalue weighted by Gasteiger charge is 2.27. The maximum atomic E-state index is 11.1. The third-order valence-corrected chi connectivity index (χ3v) is 4.72. The van der Waals surface area contributed by atoms with Crippen molar-refractivity contribution >= 4 is 0 Å². The van der Waals surface area contributed by atoms with Crippen molar-refractivity contribution in [3.8, 4) is 5.75 Å². The molecule has 0 spiro atoms. The second kappa shape index (κ2) is 8.86. The van der Waals surface area contributed by atoms with Crippen molar-refractivity contribution in [3.05, 3.63) is 65.7 Å². The lowest BCUT2D eigenvalue weighted by molar-refractivity contribution is 0.0153. The summed E-state index contributed by atoms with van der Waals surface area (Å²) >= 11 is 0. The number of benzene rings is 2. The Balaban J connectivity index is 1.91. The minimum Gasteiger partial charge on any atom is -0.497 e. The first kappa shape index (κ1) is 18.5. The van der Waals surface area contributed by atoms with Gasteiger partial charge in [-0.15, -0.1) is 0 Å². The summed E-state index contributed by atoms with van der Waals surface area (Å²) < 4.78 is 5.29. The lowest BCUT2D eigenvalue weighted by Crippen LogP contribution is -2.32. The van der Waals surface area contributed by atoms with E-state index >= 15 is 0 Å². The maximum Gasteiger partial charge on any atom is 0.119 e. The van der Waals surface area contributed by atoms with E-state index in [2.05, 4.69) is 36.2 Å². The Bertz CT molecular complexity index is 614. The standard InChI is InChI=1S/C21H29NO2/c1-4-21(23,19-11-8-12-20(17-19)24-3)14-16-22(2)15-13-18-9-6-5-7-10-18/h5-12,17,23H,4,13-16H2,1-3H3. The van der Waals surface area contributed by atoms with Gasteiger partial charge in [-0.1, -0.05) is 49.4 Å². The molecule has 2 aromatic rings. The van der Waals surface area contributed by atoms with Gasteiger partial charge in [0.25, 0.3) is 0 Å². The Labute approximate surface area is 145 Å². The highest BCUT2D eigenvalue weighted by Crippen LogP contribution is 2.31. The molecule has 0 aliphatic rings. The number of hydrogen-bond acceptors (Lipinski definition) is 3. The highest BCUT2D eigenvalue weighted by atomic mass is 16.5. The number of rotatable bonds is 9. The first-order valence-corrected chi connectivity index (χ1v) is 8.67. The maximum absolute atomic E-state index is 11.1. The number of ether oxygens (including phenoxy) is 1. The summed E-state index contributed by atoms with van der Waals surface area (Å²) in [6, 6.07) is 18.3. The van der Waals surface area contributed by atoms with E-state index in [1.54, 1.807) is 7.11 Å². The molecule has 0 aliphatic carbocycles. The van der Waals surface area contributed by atoms with Gasteiger partial charge < -0.3 is 14.7 Å². The van der Waals surface area contributed by atoms with Crippen molar-refractivity contribution in [2.45, 2.75) is 31.8 Å². The molecule has 1 N–H and O–H groups in total. The van der Waals surface area contributed by atoms with E-state index in [-0.39, 0.29) is 0 Å². The zero-order chi connectivity index (χ0) is 17.4. The van der Waals surface area contributed by atoms with E-state index in [0.717, 1.165) is 30.8 Å². The molecule has 1 atom stereocenters. The third-order valence-electron chi connectivity index (χ3n) is 4.72. The van der Waals surface area contributed by atoms with Gasteiger partial charge in [-0.25, -0.2) is 0 Å². The van der Waals surface area contributed by atoms with Crippen molar-refractivity contribution in [2.24, 2.45) is 0 Å². The zero-order valence-corrected chi connectivity index (χ0v) is 15.0. The second-order valence-electron chi connectivity index (χ2n) is 6.41. The van der Waals surface area contributed by atoms with Gasteiger partial charge >= 0.3 is 0 Å². The summed E-state index contributed by atoms with van der Waals surface area (Å²) in [5.74, 6) is 0.789. The van der Waals surface area contributed by atoms with Crippen molar-refractivity contribution in [1.82, 2.24) is 4.90 Å². The Hall–Kier alpha value is -1.84. The van der Waals surface area contributed by atoms with Gasteiger partial charge in [-0.2, -0.15) is 0 Å².